The fourth-order valence-electron chi connectivity index (χ4n) is 3.94. The van der Waals surface area contributed by atoms with E-state index in [9.17, 15) is 18.5 Å². The fourth-order valence-corrected chi connectivity index (χ4v) is 5.20. The summed E-state index contributed by atoms with van der Waals surface area (Å²) in [6.07, 6.45) is 4.00. The largest absolute Gasteiger partial charge is 0.299 e. The maximum absolute atomic E-state index is 12.7. The molecule has 31 heavy (non-hydrogen) atoms. The summed E-state index contributed by atoms with van der Waals surface area (Å²) in [6.45, 7) is 2.75. The Labute approximate surface area is 181 Å². The normalized spacial score (nSPS) is 14.5. The predicted molar refractivity (Wildman–Crippen MR) is 118 cm³/mol. The van der Waals surface area contributed by atoms with Crippen LogP contribution in [0.5, 0.6) is 0 Å². The Hall–Kier alpha value is -2.88. The second-order valence-corrected chi connectivity index (χ2v) is 9.41. The number of para-hydroxylation sites is 1. The molecular formula is C22H24N4O4S. The van der Waals surface area contributed by atoms with Crippen LogP contribution in [0.1, 0.15) is 24.0 Å². The topological polar surface area (TPSA) is 105 Å². The number of unbranched alkanes of at least 4 members (excludes halogenated alkanes) is 1. The standard InChI is InChI=1S/C22H24N4O4S/c27-26(28)20-9-8-17-10-14-25(16-19(17)15-20)13-2-1-12-24-31(29,30)21-7-3-5-18-6-4-11-23-22(18)21/h3-9,11,15,24H,1-2,10,12-14,16H2. The highest BCUT2D eigenvalue weighted by Crippen LogP contribution is 2.24. The van der Waals surface area contributed by atoms with Crippen LogP contribution in [0.25, 0.3) is 10.9 Å². The van der Waals surface area contributed by atoms with Gasteiger partial charge in [0.25, 0.3) is 5.69 Å². The van der Waals surface area contributed by atoms with Gasteiger partial charge in [0.15, 0.2) is 0 Å². The number of nitrogens with zero attached hydrogens (tertiary/aromatic N) is 3. The summed E-state index contributed by atoms with van der Waals surface area (Å²) in [5, 5.41) is 11.8. The molecule has 0 bridgehead atoms. The van der Waals surface area contributed by atoms with Crippen molar-refractivity contribution in [2.24, 2.45) is 0 Å². The van der Waals surface area contributed by atoms with Gasteiger partial charge in [-0.25, -0.2) is 13.1 Å². The number of non-ortho nitro benzene ring substituents is 1. The number of fused-ring (bicyclic) bond motifs is 2. The second kappa shape index (κ2) is 9.09. The van der Waals surface area contributed by atoms with Crippen molar-refractivity contribution < 1.29 is 13.3 Å². The highest BCUT2D eigenvalue weighted by atomic mass is 32.2. The molecule has 0 unspecified atom stereocenters. The summed E-state index contributed by atoms with van der Waals surface area (Å²) in [5.41, 5.74) is 2.76. The van der Waals surface area contributed by atoms with E-state index in [1.807, 2.05) is 18.2 Å². The number of nitro benzene ring substituents is 1. The average molecular weight is 441 g/mol. The summed E-state index contributed by atoms with van der Waals surface area (Å²) in [6, 6.07) is 13.8. The van der Waals surface area contributed by atoms with Crippen LogP contribution >= 0.6 is 0 Å². The molecule has 8 nitrogen and oxygen atoms in total. The van der Waals surface area contributed by atoms with E-state index >= 15 is 0 Å². The molecule has 162 valence electrons. The van der Waals surface area contributed by atoms with E-state index in [1.165, 1.54) is 5.56 Å². The zero-order chi connectivity index (χ0) is 21.8. The van der Waals surface area contributed by atoms with E-state index in [2.05, 4.69) is 14.6 Å². The molecule has 1 aromatic heterocycles. The lowest BCUT2D eigenvalue weighted by atomic mass is 9.99. The van der Waals surface area contributed by atoms with Gasteiger partial charge in [-0.2, -0.15) is 0 Å². The lowest BCUT2D eigenvalue weighted by molar-refractivity contribution is -0.385. The van der Waals surface area contributed by atoms with Crippen LogP contribution in [0.2, 0.25) is 0 Å². The molecule has 0 spiro atoms. The third-order valence-electron chi connectivity index (χ3n) is 5.57. The molecule has 1 N–H and O–H groups in total. The number of rotatable bonds is 8. The number of benzene rings is 2. The van der Waals surface area contributed by atoms with Gasteiger partial charge in [0.05, 0.1) is 10.4 Å². The van der Waals surface area contributed by atoms with Crippen LogP contribution in [-0.2, 0) is 23.0 Å². The van der Waals surface area contributed by atoms with Crippen molar-refractivity contribution in [3.05, 3.63) is 76.0 Å². The van der Waals surface area contributed by atoms with Gasteiger partial charge in [-0.15, -0.1) is 0 Å². The number of aromatic nitrogens is 1. The Morgan fingerprint density at radius 3 is 2.77 bits per heavy atom. The third kappa shape index (κ3) is 4.90. The molecule has 9 heteroatoms. The highest BCUT2D eigenvalue weighted by Gasteiger charge is 2.20. The first-order valence-electron chi connectivity index (χ1n) is 10.3. The van der Waals surface area contributed by atoms with Crippen LogP contribution in [0.4, 0.5) is 5.69 Å². The van der Waals surface area contributed by atoms with E-state index in [0.717, 1.165) is 36.9 Å². The maximum Gasteiger partial charge on any atom is 0.269 e. The van der Waals surface area contributed by atoms with Crippen molar-refractivity contribution in [2.45, 2.75) is 30.7 Å². The third-order valence-corrected chi connectivity index (χ3v) is 7.06. The predicted octanol–water partition coefficient (Wildman–Crippen LogP) is 3.26. The molecule has 2 aromatic carbocycles. The first-order valence-corrected chi connectivity index (χ1v) is 11.7. The van der Waals surface area contributed by atoms with Crippen molar-refractivity contribution in [3.8, 4) is 0 Å². The lowest BCUT2D eigenvalue weighted by Gasteiger charge is -2.28. The second-order valence-electron chi connectivity index (χ2n) is 7.67. The van der Waals surface area contributed by atoms with Crippen LogP contribution in [0.3, 0.4) is 0 Å². The van der Waals surface area contributed by atoms with Gasteiger partial charge in [-0.05, 0) is 49.1 Å². The monoisotopic (exact) mass is 440 g/mol. The summed E-state index contributed by atoms with van der Waals surface area (Å²) in [4.78, 5) is 17.3. The maximum atomic E-state index is 12.7. The van der Waals surface area contributed by atoms with Crippen LogP contribution in [0.15, 0.2) is 59.6 Å². The van der Waals surface area contributed by atoms with Gasteiger partial charge in [-0.1, -0.05) is 24.3 Å². The van der Waals surface area contributed by atoms with Gasteiger partial charge < -0.3 is 0 Å². The Morgan fingerprint density at radius 1 is 1.10 bits per heavy atom. The zero-order valence-corrected chi connectivity index (χ0v) is 17.8. The Balaban J connectivity index is 1.29. The van der Waals surface area contributed by atoms with E-state index in [1.54, 1.807) is 36.5 Å². The Morgan fingerprint density at radius 2 is 1.94 bits per heavy atom. The molecule has 1 aliphatic rings. The molecule has 2 heterocycles. The van der Waals surface area contributed by atoms with Crippen LogP contribution in [-0.4, -0.2) is 42.9 Å². The van der Waals surface area contributed by atoms with Crippen molar-refractivity contribution in [1.29, 1.82) is 0 Å². The first-order chi connectivity index (χ1) is 14.9. The average Bonchev–Trinajstić information content (AvgIpc) is 2.77. The number of nitro groups is 1. The van der Waals surface area contributed by atoms with Gasteiger partial charge in [0.2, 0.25) is 10.0 Å². The number of pyridine rings is 1. The number of nitrogens with one attached hydrogen (secondary N) is 1. The molecule has 0 fully saturated rings. The zero-order valence-electron chi connectivity index (χ0n) is 17.0. The van der Waals surface area contributed by atoms with Gasteiger partial charge in [0.1, 0.15) is 4.90 Å². The summed E-state index contributed by atoms with van der Waals surface area (Å²) < 4.78 is 28.1. The minimum Gasteiger partial charge on any atom is -0.299 e. The fraction of sp³-hybridized carbons (Fsp3) is 0.318. The number of hydrogen-bond donors (Lipinski definition) is 1. The van der Waals surface area contributed by atoms with Crippen molar-refractivity contribution in [3.63, 3.8) is 0 Å². The molecule has 0 amide bonds. The summed E-state index contributed by atoms with van der Waals surface area (Å²) in [7, 11) is -3.64. The van der Waals surface area contributed by atoms with E-state index in [-0.39, 0.29) is 15.5 Å². The highest BCUT2D eigenvalue weighted by molar-refractivity contribution is 7.89. The van der Waals surface area contributed by atoms with Gasteiger partial charge >= 0.3 is 0 Å². The molecule has 0 saturated carbocycles. The first kappa shape index (κ1) is 21.4. The molecular weight excluding hydrogens is 416 g/mol. The van der Waals surface area contributed by atoms with Crippen molar-refractivity contribution in [1.82, 2.24) is 14.6 Å². The van der Waals surface area contributed by atoms with E-state index in [4.69, 9.17) is 0 Å². The lowest BCUT2D eigenvalue weighted by Crippen LogP contribution is -2.32. The molecule has 0 aliphatic carbocycles. The van der Waals surface area contributed by atoms with Crippen molar-refractivity contribution in [2.75, 3.05) is 19.6 Å². The van der Waals surface area contributed by atoms with Crippen LogP contribution in [0, 0.1) is 10.1 Å². The van der Waals surface area contributed by atoms with Crippen LogP contribution < -0.4 is 4.72 Å². The number of sulfonamides is 1. The minimum atomic E-state index is -3.64. The minimum absolute atomic E-state index is 0.123. The van der Waals surface area contributed by atoms with E-state index in [0.29, 0.717) is 25.0 Å². The molecule has 0 atom stereocenters. The summed E-state index contributed by atoms with van der Waals surface area (Å²) in [5.74, 6) is 0. The molecule has 0 saturated heterocycles. The number of hydrogen-bond acceptors (Lipinski definition) is 6. The molecule has 3 aromatic rings. The summed E-state index contributed by atoms with van der Waals surface area (Å²) >= 11 is 0. The molecule has 4 rings (SSSR count). The smallest absolute Gasteiger partial charge is 0.269 e. The van der Waals surface area contributed by atoms with E-state index < -0.39 is 10.0 Å². The van der Waals surface area contributed by atoms with Gasteiger partial charge in [-0.3, -0.25) is 20.0 Å². The SMILES string of the molecule is O=[N+]([O-])c1ccc2c(c1)CN(CCCCNS(=O)(=O)c1cccc3cccnc13)CC2. The molecule has 1 aliphatic heterocycles. The van der Waals surface area contributed by atoms with Gasteiger partial charge in [0, 0.05) is 43.4 Å². The quantitative estimate of drug-likeness (QED) is 0.327. The Bertz CT molecular complexity index is 1210. The molecule has 0 radical (unpaired) electrons. The Kier molecular flexibility index (Phi) is 6.26. The van der Waals surface area contributed by atoms with Crippen molar-refractivity contribution >= 4 is 26.6 Å².